The molecule has 1 aliphatic heterocycles. The third kappa shape index (κ3) is 4.73. The molecular formula is C21H24N4O2. The minimum Gasteiger partial charge on any atom is -0.322 e. The summed E-state index contributed by atoms with van der Waals surface area (Å²) in [6.07, 6.45) is -0.278. The number of carbonyl (C=O) groups is 2. The minimum absolute atomic E-state index is 0.361. The number of benzene rings is 2. The third-order valence-electron chi connectivity index (χ3n) is 4.17. The standard InChI is InChI=1S/C21H24N4O2/c1-13(2)11-18-16-9-4-5-10-17(16)24-20(26)19(23-18)25-21(27)22-15-8-6-7-14(3)12-15/h4-10,12-13,19H,11H2,1-3H3,(H,24,26)(H2,22,25,27)/t19-/m0/s1. The van der Waals surface area contributed by atoms with Crippen molar-refractivity contribution in [2.75, 3.05) is 10.6 Å². The van der Waals surface area contributed by atoms with Gasteiger partial charge in [-0.15, -0.1) is 0 Å². The van der Waals surface area contributed by atoms with E-state index in [9.17, 15) is 9.59 Å². The Morgan fingerprint density at radius 3 is 2.70 bits per heavy atom. The summed E-state index contributed by atoms with van der Waals surface area (Å²) in [7, 11) is 0. The second-order valence-corrected chi connectivity index (χ2v) is 7.08. The molecule has 0 radical (unpaired) electrons. The van der Waals surface area contributed by atoms with Crippen LogP contribution < -0.4 is 16.0 Å². The predicted molar refractivity (Wildman–Crippen MR) is 108 cm³/mol. The first kappa shape index (κ1) is 18.6. The molecule has 1 heterocycles. The van der Waals surface area contributed by atoms with Crippen molar-refractivity contribution >= 4 is 29.0 Å². The van der Waals surface area contributed by atoms with Gasteiger partial charge in [-0.25, -0.2) is 4.79 Å². The number of para-hydroxylation sites is 1. The van der Waals surface area contributed by atoms with Crippen LogP contribution in [-0.2, 0) is 4.79 Å². The first-order valence-corrected chi connectivity index (χ1v) is 9.03. The molecule has 2 aromatic carbocycles. The number of hydrogen-bond donors (Lipinski definition) is 3. The Hall–Kier alpha value is -3.15. The number of amides is 3. The molecule has 2 aromatic rings. The highest BCUT2D eigenvalue weighted by Crippen LogP contribution is 2.23. The van der Waals surface area contributed by atoms with Crippen LogP contribution in [0.1, 0.15) is 31.4 Å². The number of aryl methyl sites for hydroxylation is 1. The van der Waals surface area contributed by atoms with Crippen molar-refractivity contribution in [2.24, 2.45) is 10.9 Å². The zero-order valence-corrected chi connectivity index (χ0v) is 15.7. The van der Waals surface area contributed by atoms with Crippen LogP contribution in [-0.4, -0.2) is 23.8 Å². The largest absolute Gasteiger partial charge is 0.322 e. The molecule has 140 valence electrons. The van der Waals surface area contributed by atoms with Crippen molar-refractivity contribution in [3.8, 4) is 0 Å². The number of carbonyl (C=O) groups excluding carboxylic acids is 2. The first-order valence-electron chi connectivity index (χ1n) is 9.03. The Balaban J connectivity index is 1.82. The molecule has 1 atom stereocenters. The summed E-state index contributed by atoms with van der Waals surface area (Å²) in [4.78, 5) is 29.5. The van der Waals surface area contributed by atoms with Crippen LogP contribution in [0.25, 0.3) is 0 Å². The van der Waals surface area contributed by atoms with E-state index in [1.165, 1.54) is 0 Å². The highest BCUT2D eigenvalue weighted by Gasteiger charge is 2.26. The zero-order valence-electron chi connectivity index (χ0n) is 15.7. The maximum Gasteiger partial charge on any atom is 0.321 e. The van der Waals surface area contributed by atoms with E-state index in [4.69, 9.17) is 0 Å². The van der Waals surface area contributed by atoms with Crippen molar-refractivity contribution in [3.63, 3.8) is 0 Å². The fraction of sp³-hybridized carbons (Fsp3) is 0.286. The number of rotatable bonds is 4. The quantitative estimate of drug-likeness (QED) is 0.768. The van der Waals surface area contributed by atoms with Crippen molar-refractivity contribution in [1.29, 1.82) is 0 Å². The van der Waals surface area contributed by atoms with Gasteiger partial charge in [0, 0.05) is 22.6 Å². The second-order valence-electron chi connectivity index (χ2n) is 7.08. The molecule has 0 aromatic heterocycles. The van der Waals surface area contributed by atoms with Gasteiger partial charge in [0.2, 0.25) is 6.17 Å². The molecule has 0 unspecified atom stereocenters. The lowest BCUT2D eigenvalue weighted by molar-refractivity contribution is -0.117. The number of benzodiazepines with no additional fused rings is 1. The number of nitrogens with zero attached hydrogens (tertiary/aromatic N) is 1. The fourth-order valence-corrected chi connectivity index (χ4v) is 2.99. The van der Waals surface area contributed by atoms with E-state index in [2.05, 4.69) is 34.8 Å². The van der Waals surface area contributed by atoms with Gasteiger partial charge in [-0.1, -0.05) is 44.2 Å². The van der Waals surface area contributed by atoms with Gasteiger partial charge in [0.1, 0.15) is 0 Å². The summed E-state index contributed by atoms with van der Waals surface area (Å²) in [5, 5.41) is 8.27. The van der Waals surface area contributed by atoms with E-state index >= 15 is 0 Å². The molecule has 0 saturated heterocycles. The molecule has 3 N–H and O–H groups in total. The van der Waals surface area contributed by atoms with Gasteiger partial charge in [0.25, 0.3) is 5.91 Å². The van der Waals surface area contributed by atoms with Gasteiger partial charge >= 0.3 is 6.03 Å². The minimum atomic E-state index is -0.990. The summed E-state index contributed by atoms with van der Waals surface area (Å²) < 4.78 is 0. The van der Waals surface area contributed by atoms with Crippen molar-refractivity contribution in [2.45, 2.75) is 33.4 Å². The Morgan fingerprint density at radius 1 is 1.19 bits per heavy atom. The second kappa shape index (κ2) is 8.03. The van der Waals surface area contributed by atoms with Gasteiger partial charge in [0.15, 0.2) is 0 Å². The highest BCUT2D eigenvalue weighted by molar-refractivity contribution is 6.12. The maximum atomic E-state index is 12.6. The lowest BCUT2D eigenvalue weighted by atomic mass is 9.99. The van der Waals surface area contributed by atoms with E-state index in [0.29, 0.717) is 23.7 Å². The topological polar surface area (TPSA) is 82.6 Å². The van der Waals surface area contributed by atoms with Crippen LogP contribution in [0.5, 0.6) is 0 Å². The van der Waals surface area contributed by atoms with E-state index in [-0.39, 0.29) is 5.91 Å². The SMILES string of the molecule is Cc1cccc(NC(=O)N[C@@H]2N=C(CC(C)C)c3ccccc3NC2=O)c1. The molecule has 1 aliphatic rings. The van der Waals surface area contributed by atoms with Gasteiger partial charge in [-0.05, 0) is 43.0 Å². The Labute approximate surface area is 159 Å². The molecule has 0 saturated carbocycles. The normalized spacial score (nSPS) is 16.1. The zero-order chi connectivity index (χ0) is 19.4. The smallest absolute Gasteiger partial charge is 0.321 e. The average molecular weight is 364 g/mol. The van der Waals surface area contributed by atoms with Crippen LogP contribution in [0.4, 0.5) is 16.2 Å². The van der Waals surface area contributed by atoms with Crippen LogP contribution in [0.15, 0.2) is 53.5 Å². The molecule has 3 amide bonds. The summed E-state index contributed by atoms with van der Waals surface area (Å²) in [6.45, 7) is 6.14. The lowest BCUT2D eigenvalue weighted by Gasteiger charge is -2.14. The molecule has 6 heteroatoms. The number of urea groups is 1. The molecule has 0 fully saturated rings. The lowest BCUT2D eigenvalue weighted by Crippen LogP contribution is -2.44. The van der Waals surface area contributed by atoms with Crippen molar-refractivity contribution in [3.05, 3.63) is 59.7 Å². The Morgan fingerprint density at radius 2 is 1.96 bits per heavy atom. The molecule has 0 spiro atoms. The van der Waals surface area contributed by atoms with Gasteiger partial charge in [-0.3, -0.25) is 9.79 Å². The van der Waals surface area contributed by atoms with Crippen molar-refractivity contribution in [1.82, 2.24) is 5.32 Å². The molecule has 3 rings (SSSR count). The number of nitrogens with one attached hydrogen (secondary N) is 3. The number of anilines is 2. The van der Waals surface area contributed by atoms with Crippen LogP contribution >= 0.6 is 0 Å². The van der Waals surface area contributed by atoms with E-state index < -0.39 is 12.2 Å². The van der Waals surface area contributed by atoms with Crippen LogP contribution in [0.2, 0.25) is 0 Å². The van der Waals surface area contributed by atoms with Crippen molar-refractivity contribution < 1.29 is 9.59 Å². The highest BCUT2D eigenvalue weighted by atomic mass is 16.2. The monoisotopic (exact) mass is 364 g/mol. The summed E-state index contributed by atoms with van der Waals surface area (Å²) >= 11 is 0. The molecule has 0 aliphatic carbocycles. The van der Waals surface area contributed by atoms with Gasteiger partial charge < -0.3 is 16.0 Å². The Kier molecular flexibility index (Phi) is 5.54. The summed E-state index contributed by atoms with van der Waals surface area (Å²) in [5.74, 6) is 0.00683. The van der Waals surface area contributed by atoms with Crippen LogP contribution in [0, 0.1) is 12.8 Å². The first-order chi connectivity index (χ1) is 12.9. The third-order valence-corrected chi connectivity index (χ3v) is 4.17. The summed E-state index contributed by atoms with van der Waals surface area (Å²) in [5.41, 5.74) is 4.11. The van der Waals surface area contributed by atoms with E-state index in [1.54, 1.807) is 6.07 Å². The molecule has 27 heavy (non-hydrogen) atoms. The molecule has 6 nitrogen and oxygen atoms in total. The van der Waals surface area contributed by atoms with E-state index in [0.717, 1.165) is 16.8 Å². The predicted octanol–water partition coefficient (Wildman–Crippen LogP) is 3.93. The van der Waals surface area contributed by atoms with Gasteiger partial charge in [-0.2, -0.15) is 0 Å². The van der Waals surface area contributed by atoms with Gasteiger partial charge in [0.05, 0.1) is 0 Å². The Bertz CT molecular complexity index is 889. The average Bonchev–Trinajstić information content (AvgIpc) is 2.72. The number of aliphatic imine (C=N–C) groups is 1. The number of fused-ring (bicyclic) bond motifs is 1. The fourth-order valence-electron chi connectivity index (χ4n) is 2.99. The summed E-state index contributed by atoms with van der Waals surface area (Å²) in [6, 6.07) is 14.5. The van der Waals surface area contributed by atoms with Crippen LogP contribution in [0.3, 0.4) is 0 Å². The maximum absolute atomic E-state index is 12.6. The van der Waals surface area contributed by atoms with E-state index in [1.807, 2.05) is 49.4 Å². The molecule has 0 bridgehead atoms. The number of hydrogen-bond acceptors (Lipinski definition) is 3. The molecular weight excluding hydrogens is 340 g/mol.